The molecule has 18 heavy (non-hydrogen) atoms. The van der Waals surface area contributed by atoms with Crippen LogP contribution in [0.5, 0.6) is 0 Å². The van der Waals surface area contributed by atoms with Crippen molar-refractivity contribution >= 4 is 45.0 Å². The molecule has 0 aliphatic rings. The van der Waals surface area contributed by atoms with Crippen LogP contribution in [0.15, 0.2) is 16.6 Å². The fourth-order valence-electron chi connectivity index (χ4n) is 1.28. The molecule has 1 rings (SSSR count). The fraction of sp³-hybridized carbons (Fsp3) is 0.273. The van der Waals surface area contributed by atoms with Gasteiger partial charge in [0.2, 0.25) is 11.8 Å². The summed E-state index contributed by atoms with van der Waals surface area (Å²) < 4.78 is 0.684. The Labute approximate surface area is 118 Å². The van der Waals surface area contributed by atoms with E-state index in [1.165, 1.54) is 0 Å². The van der Waals surface area contributed by atoms with Crippen molar-refractivity contribution in [2.75, 3.05) is 5.32 Å². The van der Waals surface area contributed by atoms with Crippen LogP contribution >= 0.6 is 27.5 Å². The van der Waals surface area contributed by atoms with E-state index in [1.807, 2.05) is 6.92 Å². The molecule has 0 aliphatic heterocycles. The maximum atomic E-state index is 11.7. The molecule has 1 aromatic rings. The van der Waals surface area contributed by atoms with Gasteiger partial charge in [0.25, 0.3) is 0 Å². The number of hydrogen-bond donors (Lipinski definition) is 3. The third-order valence-electron chi connectivity index (χ3n) is 2.26. The Morgan fingerprint density at radius 2 is 2.11 bits per heavy atom. The molecule has 0 aromatic heterocycles. The van der Waals surface area contributed by atoms with Crippen molar-refractivity contribution in [2.24, 2.45) is 11.5 Å². The van der Waals surface area contributed by atoms with E-state index in [1.54, 1.807) is 12.1 Å². The molecule has 1 unspecified atom stereocenters. The molecule has 0 radical (unpaired) electrons. The highest BCUT2D eigenvalue weighted by atomic mass is 79.9. The summed E-state index contributed by atoms with van der Waals surface area (Å²) in [5, 5.41) is 3.11. The number of amides is 2. The Morgan fingerprint density at radius 1 is 1.50 bits per heavy atom. The number of nitrogens with one attached hydrogen (secondary N) is 1. The molecule has 0 saturated heterocycles. The first-order valence-corrected chi connectivity index (χ1v) is 6.28. The van der Waals surface area contributed by atoms with Gasteiger partial charge in [-0.2, -0.15) is 0 Å². The lowest BCUT2D eigenvalue weighted by atomic mass is 10.2. The Morgan fingerprint density at radius 3 is 2.67 bits per heavy atom. The van der Waals surface area contributed by atoms with E-state index >= 15 is 0 Å². The lowest BCUT2D eigenvalue weighted by Crippen LogP contribution is -2.39. The number of carbonyl (C=O) groups is 2. The van der Waals surface area contributed by atoms with E-state index in [0.717, 1.165) is 5.56 Å². The highest BCUT2D eigenvalue weighted by Gasteiger charge is 2.17. The van der Waals surface area contributed by atoms with Crippen LogP contribution in [0.1, 0.15) is 12.0 Å². The quantitative estimate of drug-likeness (QED) is 0.779. The van der Waals surface area contributed by atoms with Crippen molar-refractivity contribution in [2.45, 2.75) is 19.4 Å². The number of anilines is 1. The molecule has 1 atom stereocenters. The van der Waals surface area contributed by atoms with Gasteiger partial charge in [0.15, 0.2) is 0 Å². The fourth-order valence-corrected chi connectivity index (χ4v) is 2.00. The van der Waals surface area contributed by atoms with Crippen LogP contribution in [0, 0.1) is 6.92 Å². The molecule has 5 N–H and O–H groups in total. The average Bonchev–Trinajstić information content (AvgIpc) is 2.24. The lowest BCUT2D eigenvalue weighted by molar-refractivity contribution is -0.123. The molecule has 2 amide bonds. The normalized spacial score (nSPS) is 12.0. The number of halogens is 2. The summed E-state index contributed by atoms with van der Waals surface area (Å²) in [4.78, 5) is 22.4. The standard InChI is InChI=1S/C11H13BrClN3O2/c1-5-2-6(12)9(3-7(5)13)16-11(18)8(14)4-10(15)17/h2-3,8H,4,14H2,1H3,(H2,15,17)(H,16,18). The van der Waals surface area contributed by atoms with Crippen molar-refractivity contribution in [1.29, 1.82) is 0 Å². The molecular formula is C11H13BrClN3O2. The zero-order valence-corrected chi connectivity index (χ0v) is 12.0. The van der Waals surface area contributed by atoms with Gasteiger partial charge in [-0.3, -0.25) is 9.59 Å². The zero-order valence-electron chi connectivity index (χ0n) is 9.67. The summed E-state index contributed by atoms with van der Waals surface area (Å²) in [7, 11) is 0. The minimum absolute atomic E-state index is 0.205. The van der Waals surface area contributed by atoms with Gasteiger partial charge in [-0.05, 0) is 40.5 Å². The van der Waals surface area contributed by atoms with Crippen molar-refractivity contribution in [3.05, 3.63) is 27.2 Å². The Bertz CT molecular complexity index is 493. The van der Waals surface area contributed by atoms with E-state index in [9.17, 15) is 9.59 Å². The molecule has 0 fully saturated rings. The van der Waals surface area contributed by atoms with E-state index < -0.39 is 17.9 Å². The Hall–Kier alpha value is -1.11. The molecule has 1 aromatic carbocycles. The van der Waals surface area contributed by atoms with Gasteiger partial charge in [-0.1, -0.05) is 11.6 Å². The van der Waals surface area contributed by atoms with Crippen LogP contribution in [-0.2, 0) is 9.59 Å². The smallest absolute Gasteiger partial charge is 0.241 e. The molecule has 7 heteroatoms. The monoisotopic (exact) mass is 333 g/mol. The van der Waals surface area contributed by atoms with Gasteiger partial charge in [0, 0.05) is 9.50 Å². The molecular weight excluding hydrogens is 321 g/mol. The van der Waals surface area contributed by atoms with E-state index in [-0.39, 0.29) is 6.42 Å². The SMILES string of the molecule is Cc1cc(Br)c(NC(=O)C(N)CC(N)=O)cc1Cl. The first-order valence-electron chi connectivity index (χ1n) is 5.11. The van der Waals surface area contributed by atoms with Crippen molar-refractivity contribution in [3.63, 3.8) is 0 Å². The van der Waals surface area contributed by atoms with Gasteiger partial charge >= 0.3 is 0 Å². The van der Waals surface area contributed by atoms with Gasteiger partial charge in [-0.25, -0.2) is 0 Å². The third-order valence-corrected chi connectivity index (χ3v) is 3.33. The molecule has 0 saturated carbocycles. The minimum Gasteiger partial charge on any atom is -0.370 e. The second-order valence-corrected chi connectivity index (χ2v) is 5.11. The summed E-state index contributed by atoms with van der Waals surface area (Å²) in [6, 6.07) is 2.41. The predicted molar refractivity (Wildman–Crippen MR) is 74.3 cm³/mol. The van der Waals surface area contributed by atoms with Crippen LogP contribution in [0.25, 0.3) is 0 Å². The molecule has 0 heterocycles. The summed E-state index contributed by atoms with van der Waals surface area (Å²) >= 11 is 9.26. The lowest BCUT2D eigenvalue weighted by Gasteiger charge is -2.13. The molecule has 5 nitrogen and oxygen atoms in total. The topological polar surface area (TPSA) is 98.2 Å². The second kappa shape index (κ2) is 6.17. The number of primary amides is 1. The summed E-state index contributed by atoms with van der Waals surface area (Å²) in [6.07, 6.45) is -0.205. The zero-order chi connectivity index (χ0) is 13.9. The molecule has 98 valence electrons. The van der Waals surface area contributed by atoms with Crippen molar-refractivity contribution < 1.29 is 9.59 Å². The summed E-state index contributed by atoms with van der Waals surface area (Å²) in [5.41, 5.74) is 11.9. The maximum Gasteiger partial charge on any atom is 0.241 e. The number of nitrogens with two attached hydrogens (primary N) is 2. The Balaban J connectivity index is 2.82. The van der Waals surface area contributed by atoms with E-state index in [4.69, 9.17) is 23.1 Å². The molecule has 0 bridgehead atoms. The number of benzene rings is 1. The van der Waals surface area contributed by atoms with E-state index in [2.05, 4.69) is 21.2 Å². The first-order chi connectivity index (χ1) is 8.31. The third kappa shape index (κ3) is 3.97. The predicted octanol–water partition coefficient (Wildman–Crippen LogP) is 1.55. The highest BCUT2D eigenvalue weighted by molar-refractivity contribution is 9.10. The number of rotatable bonds is 4. The average molecular weight is 335 g/mol. The van der Waals surface area contributed by atoms with Gasteiger partial charge in [-0.15, -0.1) is 0 Å². The van der Waals surface area contributed by atoms with Crippen LogP contribution in [-0.4, -0.2) is 17.9 Å². The Kier molecular flexibility index (Phi) is 5.13. The number of hydrogen-bond acceptors (Lipinski definition) is 3. The maximum absolute atomic E-state index is 11.7. The van der Waals surface area contributed by atoms with Gasteiger partial charge in [0.1, 0.15) is 0 Å². The van der Waals surface area contributed by atoms with E-state index in [0.29, 0.717) is 15.2 Å². The van der Waals surface area contributed by atoms with Gasteiger partial charge in [0.05, 0.1) is 18.2 Å². The molecule has 0 aliphatic carbocycles. The summed E-state index contributed by atoms with van der Waals surface area (Å²) in [5.74, 6) is -1.12. The highest BCUT2D eigenvalue weighted by Crippen LogP contribution is 2.29. The second-order valence-electron chi connectivity index (χ2n) is 3.85. The number of carbonyl (C=O) groups excluding carboxylic acids is 2. The van der Waals surface area contributed by atoms with Crippen LogP contribution in [0.3, 0.4) is 0 Å². The molecule has 0 spiro atoms. The van der Waals surface area contributed by atoms with Gasteiger partial charge < -0.3 is 16.8 Å². The van der Waals surface area contributed by atoms with Crippen molar-refractivity contribution in [3.8, 4) is 0 Å². The summed E-state index contributed by atoms with van der Waals surface area (Å²) in [6.45, 7) is 1.84. The number of aryl methyl sites for hydroxylation is 1. The first kappa shape index (κ1) is 14.9. The minimum atomic E-state index is -0.977. The largest absolute Gasteiger partial charge is 0.370 e. The van der Waals surface area contributed by atoms with Crippen LogP contribution < -0.4 is 16.8 Å². The van der Waals surface area contributed by atoms with Crippen LogP contribution in [0.2, 0.25) is 5.02 Å². The van der Waals surface area contributed by atoms with Crippen molar-refractivity contribution in [1.82, 2.24) is 0 Å². The van der Waals surface area contributed by atoms with Crippen LogP contribution in [0.4, 0.5) is 5.69 Å².